The maximum Gasteiger partial charge on any atom is 0.353 e. The molecule has 16 heavy (non-hydrogen) atoms. The van der Waals surface area contributed by atoms with Crippen LogP contribution >= 0.6 is 7.60 Å². The highest BCUT2D eigenvalue weighted by Crippen LogP contribution is 2.42. The summed E-state index contributed by atoms with van der Waals surface area (Å²) in [5.41, 5.74) is -1.95. The van der Waals surface area contributed by atoms with Gasteiger partial charge in [-0.05, 0) is 6.92 Å². The van der Waals surface area contributed by atoms with Gasteiger partial charge in [0.05, 0.1) is 6.00 Å². The van der Waals surface area contributed by atoms with E-state index >= 15 is 0 Å². The van der Waals surface area contributed by atoms with Crippen LogP contribution in [0.3, 0.4) is 0 Å². The van der Waals surface area contributed by atoms with E-state index in [9.17, 15) is 14.1 Å². The van der Waals surface area contributed by atoms with E-state index in [1.165, 1.54) is 14.8 Å². The van der Waals surface area contributed by atoms with E-state index < -0.39 is 38.0 Å². The first-order valence-corrected chi connectivity index (χ1v) is 6.48. The van der Waals surface area contributed by atoms with Crippen LogP contribution in [0.4, 0.5) is 4.39 Å². The van der Waals surface area contributed by atoms with Crippen LogP contribution in [0.15, 0.2) is 0 Å². The summed E-state index contributed by atoms with van der Waals surface area (Å²) in [5, 5.41) is 9.52. The number of rotatable bonds is 4. The first-order chi connectivity index (χ1) is 7.20. The van der Waals surface area contributed by atoms with Gasteiger partial charge in [0.1, 0.15) is 14.0 Å². The number of hydrogen-bond acceptors (Lipinski definition) is 5. The smallest absolute Gasteiger partial charge is 0.353 e. The third-order valence-electron chi connectivity index (χ3n) is 2.66. The third kappa shape index (κ3) is 2.82. The number of alkyl halides is 1. The minimum absolute atomic E-state index is 0.659. The predicted octanol–water partition coefficient (Wildman–Crippen LogP) is -0.803. The maximum absolute atomic E-state index is 13.7. The summed E-state index contributed by atoms with van der Waals surface area (Å²) in [5.74, 6) is 0. The van der Waals surface area contributed by atoms with E-state index in [0.717, 1.165) is 7.11 Å². The number of halogens is 1. The highest BCUT2D eigenvalue weighted by Gasteiger charge is 2.52. The van der Waals surface area contributed by atoms with Crippen LogP contribution in [-0.4, -0.2) is 55.4 Å². The molecular weight excluding hydrogens is 241 g/mol. The number of aliphatic hydroxyl groups is 1. The molecule has 0 saturated carbocycles. The Morgan fingerprint density at radius 2 is 2.25 bits per heavy atom. The van der Waals surface area contributed by atoms with E-state index in [1.54, 1.807) is 0 Å². The quantitative estimate of drug-likeness (QED) is 0.505. The molecule has 1 saturated heterocycles. The molecule has 0 spiro atoms. The molecule has 9 heteroatoms. The lowest BCUT2D eigenvalue weighted by molar-refractivity contribution is -0.148. The van der Waals surface area contributed by atoms with Crippen molar-refractivity contribution in [3.05, 3.63) is 0 Å². The molecule has 0 aromatic rings. The SMILES string of the molecule is BC1OC(OCP(=O)(O)OC)C(O)C1(C)F. The zero-order valence-electron chi connectivity index (χ0n) is 9.29. The molecule has 0 aromatic carbocycles. The molecule has 1 fully saturated rings. The van der Waals surface area contributed by atoms with Crippen molar-refractivity contribution in [2.45, 2.75) is 31.0 Å². The fourth-order valence-electron chi connectivity index (χ4n) is 1.27. The molecule has 0 bridgehead atoms. The molecule has 0 radical (unpaired) electrons. The van der Waals surface area contributed by atoms with Gasteiger partial charge in [-0.15, -0.1) is 0 Å². The Bertz CT molecular complexity index is 301. The first kappa shape index (κ1) is 14.1. The number of aliphatic hydroxyl groups excluding tert-OH is 1. The largest absolute Gasteiger partial charge is 0.384 e. The van der Waals surface area contributed by atoms with Crippen molar-refractivity contribution in [2.24, 2.45) is 0 Å². The fourth-order valence-corrected chi connectivity index (χ4v) is 1.71. The third-order valence-corrected chi connectivity index (χ3v) is 3.70. The van der Waals surface area contributed by atoms with E-state index in [1.807, 2.05) is 0 Å². The van der Waals surface area contributed by atoms with Crippen molar-refractivity contribution in [1.29, 1.82) is 0 Å². The molecule has 1 rings (SSSR count). The van der Waals surface area contributed by atoms with Crippen molar-refractivity contribution in [1.82, 2.24) is 0 Å². The Hall–Kier alpha value is 0.0249. The van der Waals surface area contributed by atoms with Crippen LogP contribution in [-0.2, 0) is 18.6 Å². The Kier molecular flexibility index (Phi) is 4.16. The van der Waals surface area contributed by atoms with Crippen LogP contribution in [0.1, 0.15) is 6.92 Å². The van der Waals surface area contributed by atoms with Crippen LogP contribution in [0.25, 0.3) is 0 Å². The highest BCUT2D eigenvalue weighted by molar-refractivity contribution is 7.52. The maximum atomic E-state index is 13.7. The van der Waals surface area contributed by atoms with E-state index in [-0.39, 0.29) is 0 Å². The second-order valence-corrected chi connectivity index (χ2v) is 5.76. The van der Waals surface area contributed by atoms with Crippen molar-refractivity contribution in [3.8, 4) is 0 Å². The first-order valence-electron chi connectivity index (χ1n) is 4.72. The van der Waals surface area contributed by atoms with Crippen molar-refractivity contribution >= 4 is 15.4 Å². The Morgan fingerprint density at radius 3 is 2.62 bits per heavy atom. The van der Waals surface area contributed by atoms with E-state index in [2.05, 4.69) is 4.52 Å². The van der Waals surface area contributed by atoms with Crippen molar-refractivity contribution in [2.75, 3.05) is 13.5 Å². The van der Waals surface area contributed by atoms with Gasteiger partial charge in [0.25, 0.3) is 0 Å². The summed E-state index contributed by atoms with van der Waals surface area (Å²) >= 11 is 0. The second-order valence-electron chi connectivity index (χ2n) is 3.86. The molecule has 0 aromatic heterocycles. The number of hydrogen-bond donors (Lipinski definition) is 2. The molecule has 0 aliphatic carbocycles. The van der Waals surface area contributed by atoms with Crippen LogP contribution in [0, 0.1) is 0 Å². The van der Waals surface area contributed by atoms with Crippen molar-refractivity contribution in [3.63, 3.8) is 0 Å². The summed E-state index contributed by atoms with van der Waals surface area (Å²) < 4.78 is 38.9. The molecule has 1 aliphatic heterocycles. The molecule has 5 unspecified atom stereocenters. The Morgan fingerprint density at radius 1 is 1.69 bits per heavy atom. The Labute approximate surface area is 93.6 Å². The fraction of sp³-hybridized carbons (Fsp3) is 1.00. The zero-order chi connectivity index (χ0) is 12.6. The van der Waals surface area contributed by atoms with E-state index in [4.69, 9.17) is 14.4 Å². The van der Waals surface area contributed by atoms with Gasteiger partial charge in [-0.2, -0.15) is 0 Å². The van der Waals surface area contributed by atoms with Gasteiger partial charge >= 0.3 is 7.60 Å². The Balaban J connectivity index is 2.56. The molecule has 2 N–H and O–H groups in total. The normalized spacial score (nSPS) is 43.2. The van der Waals surface area contributed by atoms with Gasteiger partial charge in [-0.25, -0.2) is 4.39 Å². The lowest BCUT2D eigenvalue weighted by Crippen LogP contribution is -2.41. The minimum Gasteiger partial charge on any atom is -0.384 e. The molecule has 1 heterocycles. The monoisotopic (exact) mass is 256 g/mol. The molecule has 94 valence electrons. The minimum atomic E-state index is -3.85. The summed E-state index contributed by atoms with van der Waals surface area (Å²) in [6.45, 7) is 1.18. The average molecular weight is 256 g/mol. The predicted molar refractivity (Wildman–Crippen MR) is 55.5 cm³/mol. The van der Waals surface area contributed by atoms with Crippen LogP contribution in [0.5, 0.6) is 0 Å². The highest BCUT2D eigenvalue weighted by atomic mass is 31.2. The lowest BCUT2D eigenvalue weighted by Gasteiger charge is -2.21. The van der Waals surface area contributed by atoms with Gasteiger partial charge in [-0.3, -0.25) is 4.57 Å². The topological polar surface area (TPSA) is 85.2 Å². The summed E-state index contributed by atoms with van der Waals surface area (Å²) in [7, 11) is -1.35. The van der Waals surface area contributed by atoms with Crippen LogP contribution in [0.2, 0.25) is 0 Å². The molecule has 0 amide bonds. The van der Waals surface area contributed by atoms with Gasteiger partial charge in [0.2, 0.25) is 0 Å². The lowest BCUT2D eigenvalue weighted by atomic mass is 9.84. The molecule has 6 nitrogen and oxygen atoms in total. The summed E-state index contributed by atoms with van der Waals surface area (Å²) in [6.07, 6.45) is -3.42. The molecule has 5 atom stereocenters. The second kappa shape index (κ2) is 4.72. The van der Waals surface area contributed by atoms with Gasteiger partial charge < -0.3 is 24.0 Å². The standard InChI is InChI=1S/C7H15BFO6P/c1-7(9)4(10)5(15-6(7)8)14-3-16(11,12)13-2/h4-6,10H,3,8H2,1-2H3,(H,11,12). The summed E-state index contributed by atoms with van der Waals surface area (Å²) in [6, 6.07) is -0.854. The summed E-state index contributed by atoms with van der Waals surface area (Å²) in [4.78, 5) is 9.04. The number of ether oxygens (including phenoxy) is 2. The van der Waals surface area contributed by atoms with Gasteiger partial charge in [-0.1, -0.05) is 0 Å². The average Bonchev–Trinajstić information content (AvgIpc) is 2.40. The van der Waals surface area contributed by atoms with Crippen molar-refractivity contribution < 1.29 is 33.0 Å². The van der Waals surface area contributed by atoms with Gasteiger partial charge in [0, 0.05) is 7.11 Å². The van der Waals surface area contributed by atoms with Gasteiger partial charge in [0.15, 0.2) is 18.3 Å². The van der Waals surface area contributed by atoms with Crippen LogP contribution < -0.4 is 0 Å². The molecular formula is C7H15BFO6P. The van der Waals surface area contributed by atoms with E-state index in [0.29, 0.717) is 0 Å². The molecule has 1 aliphatic rings. The zero-order valence-corrected chi connectivity index (χ0v) is 10.2.